The first-order valence-electron chi connectivity index (χ1n) is 8.73. The molecule has 4 aromatic rings. The van der Waals surface area contributed by atoms with Gasteiger partial charge < -0.3 is 5.32 Å². The minimum atomic E-state index is -0.295. The fraction of sp³-hybridized carbons (Fsp3) is 0.150. The number of carbonyl (C=O) groups excluding carboxylic acids is 1. The third-order valence-electron chi connectivity index (χ3n) is 4.58. The zero-order valence-corrected chi connectivity index (χ0v) is 15.9. The lowest BCUT2D eigenvalue weighted by Crippen LogP contribution is -2.29. The fourth-order valence-corrected chi connectivity index (χ4v) is 3.30. The van der Waals surface area contributed by atoms with Gasteiger partial charge in [-0.25, -0.2) is 9.48 Å². The molecule has 0 saturated carbocycles. The average molecular weight is 396 g/mol. The van der Waals surface area contributed by atoms with Gasteiger partial charge >= 0.3 is 5.69 Å². The molecule has 0 aliphatic heterocycles. The number of fused-ring (bicyclic) bond motifs is 1. The summed E-state index contributed by atoms with van der Waals surface area (Å²) in [6.07, 6.45) is 1.62. The van der Waals surface area contributed by atoms with Crippen molar-refractivity contribution >= 4 is 34.4 Å². The predicted molar refractivity (Wildman–Crippen MR) is 109 cm³/mol. The number of aromatic nitrogens is 4. The number of hydrogen-bond acceptors (Lipinski definition) is 3. The van der Waals surface area contributed by atoms with Gasteiger partial charge in [0.05, 0.1) is 23.8 Å². The monoisotopic (exact) mass is 395 g/mol. The molecule has 142 valence electrons. The molecular formula is C20H18ClN5O2. The molecule has 0 aliphatic carbocycles. The van der Waals surface area contributed by atoms with Crippen LogP contribution >= 0.6 is 11.6 Å². The number of carbonyl (C=O) groups is 1. The molecule has 8 heteroatoms. The van der Waals surface area contributed by atoms with Gasteiger partial charge in [-0.1, -0.05) is 35.9 Å². The molecule has 0 saturated heterocycles. The quantitative estimate of drug-likeness (QED) is 0.564. The van der Waals surface area contributed by atoms with Gasteiger partial charge in [0.1, 0.15) is 12.4 Å². The highest BCUT2D eigenvalue weighted by molar-refractivity contribution is 6.30. The summed E-state index contributed by atoms with van der Waals surface area (Å²) < 4.78 is 4.69. The minimum Gasteiger partial charge on any atom is -0.309 e. The first-order valence-corrected chi connectivity index (χ1v) is 9.11. The van der Waals surface area contributed by atoms with Gasteiger partial charge in [0.25, 0.3) is 0 Å². The summed E-state index contributed by atoms with van der Waals surface area (Å²) in [7, 11) is 1.69. The normalized spacial score (nSPS) is 11.1. The van der Waals surface area contributed by atoms with Crippen LogP contribution in [0.25, 0.3) is 11.0 Å². The molecule has 0 spiro atoms. The minimum absolute atomic E-state index is 0.0771. The summed E-state index contributed by atoms with van der Waals surface area (Å²) in [5.41, 5.74) is 2.28. The maximum absolute atomic E-state index is 12.6. The van der Waals surface area contributed by atoms with E-state index in [1.807, 2.05) is 48.5 Å². The summed E-state index contributed by atoms with van der Waals surface area (Å²) in [4.78, 5) is 25.1. The Kier molecular flexibility index (Phi) is 4.75. The SMILES string of the molecule is Cn1c(=O)n(CC(=O)Nc2ccnn2Cc2ccc(Cl)cc2)c2ccccc21. The Balaban J connectivity index is 1.53. The third-order valence-corrected chi connectivity index (χ3v) is 4.84. The summed E-state index contributed by atoms with van der Waals surface area (Å²) >= 11 is 5.92. The Morgan fingerprint density at radius 3 is 2.54 bits per heavy atom. The number of hydrogen-bond donors (Lipinski definition) is 1. The highest BCUT2D eigenvalue weighted by Crippen LogP contribution is 2.15. The second-order valence-electron chi connectivity index (χ2n) is 6.47. The van der Waals surface area contributed by atoms with Crippen molar-refractivity contribution in [2.75, 3.05) is 5.32 Å². The van der Waals surface area contributed by atoms with E-state index in [1.165, 1.54) is 9.13 Å². The van der Waals surface area contributed by atoms with Gasteiger partial charge in [0.15, 0.2) is 0 Å². The van der Waals surface area contributed by atoms with E-state index in [0.717, 1.165) is 16.6 Å². The number of rotatable bonds is 5. The number of imidazole rings is 1. The van der Waals surface area contributed by atoms with E-state index >= 15 is 0 Å². The second-order valence-corrected chi connectivity index (χ2v) is 6.90. The van der Waals surface area contributed by atoms with Crippen LogP contribution in [0.1, 0.15) is 5.56 Å². The molecule has 2 aromatic carbocycles. The number of para-hydroxylation sites is 2. The van der Waals surface area contributed by atoms with Crippen molar-refractivity contribution in [3.63, 3.8) is 0 Å². The first kappa shape index (κ1) is 18.1. The summed E-state index contributed by atoms with van der Waals surface area (Å²) in [5.74, 6) is 0.268. The molecule has 4 rings (SSSR count). The van der Waals surface area contributed by atoms with Crippen LogP contribution in [-0.2, 0) is 24.9 Å². The van der Waals surface area contributed by atoms with Gasteiger partial charge in [-0.05, 0) is 29.8 Å². The fourth-order valence-electron chi connectivity index (χ4n) is 3.17. The molecule has 0 unspecified atom stereocenters. The first-order chi connectivity index (χ1) is 13.5. The Hall–Kier alpha value is -3.32. The number of benzene rings is 2. The van der Waals surface area contributed by atoms with Crippen LogP contribution in [0.2, 0.25) is 5.02 Å². The number of amides is 1. The molecule has 0 atom stereocenters. The van der Waals surface area contributed by atoms with Crippen molar-refractivity contribution in [3.05, 3.63) is 81.9 Å². The number of nitrogens with zero attached hydrogens (tertiary/aromatic N) is 4. The highest BCUT2D eigenvalue weighted by Gasteiger charge is 2.14. The van der Waals surface area contributed by atoms with Crippen LogP contribution in [0.5, 0.6) is 0 Å². The number of aryl methyl sites for hydroxylation is 1. The van der Waals surface area contributed by atoms with Crippen molar-refractivity contribution < 1.29 is 4.79 Å². The lowest BCUT2D eigenvalue weighted by molar-refractivity contribution is -0.116. The molecule has 0 radical (unpaired) electrons. The van der Waals surface area contributed by atoms with E-state index in [9.17, 15) is 9.59 Å². The molecular weight excluding hydrogens is 378 g/mol. The van der Waals surface area contributed by atoms with Crippen molar-refractivity contribution in [1.82, 2.24) is 18.9 Å². The lowest BCUT2D eigenvalue weighted by Gasteiger charge is -2.10. The number of anilines is 1. The smallest absolute Gasteiger partial charge is 0.309 e. The van der Waals surface area contributed by atoms with E-state index < -0.39 is 0 Å². The van der Waals surface area contributed by atoms with Crippen LogP contribution in [0.3, 0.4) is 0 Å². The number of nitrogens with one attached hydrogen (secondary N) is 1. The van der Waals surface area contributed by atoms with Crippen molar-refractivity contribution in [1.29, 1.82) is 0 Å². The van der Waals surface area contributed by atoms with Gasteiger partial charge in [0, 0.05) is 18.1 Å². The van der Waals surface area contributed by atoms with Gasteiger partial charge in [0.2, 0.25) is 5.91 Å². The Morgan fingerprint density at radius 2 is 1.79 bits per heavy atom. The van der Waals surface area contributed by atoms with Crippen molar-refractivity contribution in [2.24, 2.45) is 7.05 Å². The second kappa shape index (κ2) is 7.36. The molecule has 2 heterocycles. The molecule has 0 bridgehead atoms. The van der Waals surface area contributed by atoms with E-state index in [1.54, 1.807) is 24.0 Å². The van der Waals surface area contributed by atoms with Crippen molar-refractivity contribution in [2.45, 2.75) is 13.1 Å². The molecule has 0 fully saturated rings. The highest BCUT2D eigenvalue weighted by atomic mass is 35.5. The molecule has 28 heavy (non-hydrogen) atoms. The Bertz CT molecular complexity index is 1200. The summed E-state index contributed by atoms with van der Waals surface area (Å²) in [5, 5.41) is 7.77. The standard InChI is InChI=1S/C20H18ClN5O2/c1-24-16-4-2-3-5-17(16)25(20(24)28)13-19(27)23-18-10-11-22-26(18)12-14-6-8-15(21)9-7-14/h2-11H,12-13H2,1H3,(H,23,27). The number of halogens is 1. The van der Waals surface area contributed by atoms with Crippen LogP contribution in [-0.4, -0.2) is 24.8 Å². The average Bonchev–Trinajstić information content (AvgIpc) is 3.22. The Labute approximate surface area is 165 Å². The molecule has 0 aliphatic rings. The molecule has 1 amide bonds. The van der Waals surface area contributed by atoms with Gasteiger partial charge in [-0.3, -0.25) is 13.9 Å². The lowest BCUT2D eigenvalue weighted by atomic mass is 10.2. The maximum Gasteiger partial charge on any atom is 0.329 e. The Morgan fingerprint density at radius 1 is 1.07 bits per heavy atom. The summed E-state index contributed by atoms with van der Waals surface area (Å²) in [6.45, 7) is 0.417. The van der Waals surface area contributed by atoms with Crippen LogP contribution in [0.15, 0.2) is 65.6 Å². The maximum atomic E-state index is 12.6. The van der Waals surface area contributed by atoms with E-state index in [0.29, 0.717) is 17.4 Å². The topological polar surface area (TPSA) is 73.8 Å². The zero-order valence-electron chi connectivity index (χ0n) is 15.2. The van der Waals surface area contributed by atoms with Crippen LogP contribution < -0.4 is 11.0 Å². The van der Waals surface area contributed by atoms with E-state index in [4.69, 9.17) is 11.6 Å². The van der Waals surface area contributed by atoms with Gasteiger partial charge in [-0.15, -0.1) is 0 Å². The van der Waals surface area contributed by atoms with E-state index in [2.05, 4.69) is 10.4 Å². The predicted octanol–water partition coefficient (Wildman–Crippen LogP) is 2.88. The van der Waals surface area contributed by atoms with Crippen LogP contribution in [0, 0.1) is 0 Å². The zero-order chi connectivity index (χ0) is 19.7. The van der Waals surface area contributed by atoms with E-state index in [-0.39, 0.29) is 18.1 Å². The largest absolute Gasteiger partial charge is 0.329 e. The third kappa shape index (κ3) is 3.44. The molecule has 1 N–H and O–H groups in total. The van der Waals surface area contributed by atoms with Crippen LogP contribution in [0.4, 0.5) is 5.82 Å². The molecule has 7 nitrogen and oxygen atoms in total. The molecule has 2 aromatic heterocycles. The van der Waals surface area contributed by atoms with Gasteiger partial charge in [-0.2, -0.15) is 5.10 Å². The van der Waals surface area contributed by atoms with Crippen molar-refractivity contribution in [3.8, 4) is 0 Å². The summed E-state index contributed by atoms with van der Waals surface area (Å²) in [6, 6.07) is 16.5.